The first kappa shape index (κ1) is 27.0. The van der Waals surface area contributed by atoms with E-state index in [-0.39, 0.29) is 0 Å². The molecule has 0 bridgehead atoms. The van der Waals surface area contributed by atoms with Crippen LogP contribution in [0.2, 0.25) is 0 Å². The summed E-state index contributed by atoms with van der Waals surface area (Å²) in [6.07, 6.45) is 22.1. The van der Waals surface area contributed by atoms with Gasteiger partial charge < -0.3 is 0 Å². The van der Waals surface area contributed by atoms with Crippen molar-refractivity contribution >= 4 is 58.0 Å². The summed E-state index contributed by atoms with van der Waals surface area (Å²) in [5.74, 6) is 0. The first-order chi connectivity index (χ1) is 13.4. The highest BCUT2D eigenvalue weighted by molar-refractivity contribution is 6.58. The molecule has 0 radical (unpaired) electrons. The molecule has 1 rings (SSSR count). The highest BCUT2D eigenvalue weighted by Gasteiger charge is 2.43. The van der Waals surface area contributed by atoms with Gasteiger partial charge in [-0.15, -0.1) is 11.6 Å². The summed E-state index contributed by atoms with van der Waals surface area (Å²) in [6.45, 7) is 2.28. The maximum absolute atomic E-state index is 6.58. The predicted octanol–water partition coefficient (Wildman–Crippen LogP) is 11.0. The van der Waals surface area contributed by atoms with E-state index in [1.807, 2.05) is 0 Å². The van der Waals surface area contributed by atoms with E-state index in [1.54, 1.807) is 0 Å². The van der Waals surface area contributed by atoms with Gasteiger partial charge in [0.05, 0.1) is 20.1 Å². The van der Waals surface area contributed by atoms with E-state index >= 15 is 0 Å². The van der Waals surface area contributed by atoms with Crippen LogP contribution < -0.4 is 0 Å². The first-order valence-corrected chi connectivity index (χ1v) is 13.1. The van der Waals surface area contributed by atoms with Crippen molar-refractivity contribution < 1.29 is 0 Å². The Kier molecular flexibility index (Phi) is 15.1. The number of hydrogen-bond acceptors (Lipinski definition) is 0. The SMILES string of the molecule is CCCCCCCCCCCCCCCCCCC1(Cl)C(Cl)=C(Cl)C(Cl)=C1Cl. The van der Waals surface area contributed by atoms with Gasteiger partial charge in [-0.2, -0.15) is 0 Å². The quantitative estimate of drug-likeness (QED) is 0.140. The maximum atomic E-state index is 6.58. The number of allylic oxidation sites excluding steroid dienone is 4. The molecule has 0 nitrogen and oxygen atoms in total. The Labute approximate surface area is 198 Å². The van der Waals surface area contributed by atoms with Gasteiger partial charge in [-0.25, -0.2) is 0 Å². The lowest BCUT2D eigenvalue weighted by Crippen LogP contribution is -2.20. The van der Waals surface area contributed by atoms with Crippen molar-refractivity contribution in [3.63, 3.8) is 0 Å². The van der Waals surface area contributed by atoms with E-state index in [1.165, 1.54) is 89.9 Å². The third kappa shape index (κ3) is 9.38. The van der Waals surface area contributed by atoms with Crippen molar-refractivity contribution in [3.8, 4) is 0 Å². The van der Waals surface area contributed by atoms with E-state index in [0.717, 1.165) is 12.8 Å². The molecule has 0 amide bonds. The van der Waals surface area contributed by atoms with Crippen molar-refractivity contribution in [1.82, 2.24) is 0 Å². The summed E-state index contributed by atoms with van der Waals surface area (Å²) in [6, 6.07) is 0. The van der Waals surface area contributed by atoms with Gasteiger partial charge in [0.2, 0.25) is 0 Å². The molecule has 0 unspecified atom stereocenters. The zero-order chi connectivity index (χ0) is 20.8. The van der Waals surface area contributed by atoms with E-state index in [4.69, 9.17) is 58.0 Å². The van der Waals surface area contributed by atoms with Gasteiger partial charge in [0.1, 0.15) is 4.87 Å². The zero-order valence-electron chi connectivity index (χ0n) is 17.4. The van der Waals surface area contributed by atoms with Gasteiger partial charge in [-0.05, 0) is 6.42 Å². The Morgan fingerprint density at radius 2 is 0.786 bits per heavy atom. The highest BCUT2D eigenvalue weighted by atomic mass is 35.5. The molecule has 1 aliphatic carbocycles. The van der Waals surface area contributed by atoms with Crippen LogP contribution in [0.1, 0.15) is 116 Å². The summed E-state index contributed by atoms with van der Waals surface area (Å²) in [4.78, 5) is -0.909. The Morgan fingerprint density at radius 1 is 0.500 bits per heavy atom. The van der Waals surface area contributed by atoms with E-state index in [9.17, 15) is 0 Å². The predicted molar refractivity (Wildman–Crippen MR) is 130 cm³/mol. The van der Waals surface area contributed by atoms with Gasteiger partial charge in [0, 0.05) is 0 Å². The minimum atomic E-state index is -0.909. The summed E-state index contributed by atoms with van der Waals surface area (Å²) < 4.78 is 0. The number of unbranched alkanes of at least 4 members (excludes halogenated alkanes) is 15. The molecule has 28 heavy (non-hydrogen) atoms. The van der Waals surface area contributed by atoms with Gasteiger partial charge in [-0.1, -0.05) is 156 Å². The fraction of sp³-hybridized carbons (Fsp3) is 0.826. The molecule has 1 aliphatic rings. The smallest absolute Gasteiger partial charge is 0.107 e. The molecule has 0 saturated heterocycles. The lowest BCUT2D eigenvalue weighted by Gasteiger charge is -2.22. The number of rotatable bonds is 17. The molecule has 164 valence electrons. The monoisotopic (exact) mass is 488 g/mol. The van der Waals surface area contributed by atoms with Crippen LogP contribution in [0.15, 0.2) is 20.1 Å². The summed E-state index contributed by atoms with van der Waals surface area (Å²) in [7, 11) is 0. The molecule has 0 fully saturated rings. The van der Waals surface area contributed by atoms with Crippen molar-refractivity contribution in [3.05, 3.63) is 20.1 Å². The van der Waals surface area contributed by atoms with Gasteiger partial charge >= 0.3 is 0 Å². The summed E-state index contributed by atoms with van der Waals surface area (Å²) in [5.41, 5.74) is 0. The minimum Gasteiger partial charge on any atom is -0.107 e. The third-order valence-electron chi connectivity index (χ3n) is 5.65. The molecule has 5 heteroatoms. The van der Waals surface area contributed by atoms with Crippen LogP contribution in [0.25, 0.3) is 0 Å². The molecular formula is C23H37Cl5. The fourth-order valence-electron chi connectivity index (χ4n) is 3.77. The second-order valence-corrected chi connectivity index (χ2v) is 10.3. The number of alkyl halides is 1. The summed E-state index contributed by atoms with van der Waals surface area (Å²) in [5, 5.41) is 1.32. The Hall–Kier alpha value is 0.930. The first-order valence-electron chi connectivity index (χ1n) is 11.3. The third-order valence-corrected chi connectivity index (χ3v) is 8.48. The van der Waals surface area contributed by atoms with Crippen molar-refractivity contribution in [2.75, 3.05) is 0 Å². The topological polar surface area (TPSA) is 0 Å². The lowest BCUT2D eigenvalue weighted by atomic mass is 9.99. The molecule has 0 aliphatic heterocycles. The number of halogens is 5. The molecular weight excluding hydrogens is 454 g/mol. The van der Waals surface area contributed by atoms with E-state index in [2.05, 4.69) is 6.92 Å². The molecule has 0 aromatic carbocycles. The zero-order valence-corrected chi connectivity index (χ0v) is 21.2. The molecule has 0 aromatic rings. The molecule has 0 atom stereocenters. The van der Waals surface area contributed by atoms with Crippen LogP contribution in [0.3, 0.4) is 0 Å². The highest BCUT2D eigenvalue weighted by Crippen LogP contribution is 2.53. The average Bonchev–Trinajstić information content (AvgIpc) is 2.83. The fourth-order valence-corrected chi connectivity index (χ4v) is 5.42. The van der Waals surface area contributed by atoms with Crippen LogP contribution >= 0.6 is 58.0 Å². The van der Waals surface area contributed by atoms with Crippen LogP contribution in [0.4, 0.5) is 0 Å². The van der Waals surface area contributed by atoms with E-state index < -0.39 is 4.87 Å². The largest absolute Gasteiger partial charge is 0.118 e. The Bertz CT molecular complexity index is 471. The Morgan fingerprint density at radius 3 is 1.11 bits per heavy atom. The second-order valence-electron chi connectivity index (χ2n) is 8.11. The lowest BCUT2D eigenvalue weighted by molar-refractivity contribution is 0.524. The normalized spacial score (nSPS) is 16.5. The average molecular weight is 491 g/mol. The molecule has 0 heterocycles. The van der Waals surface area contributed by atoms with Crippen molar-refractivity contribution in [1.29, 1.82) is 0 Å². The van der Waals surface area contributed by atoms with Crippen LogP contribution in [0.5, 0.6) is 0 Å². The van der Waals surface area contributed by atoms with Crippen LogP contribution in [-0.4, -0.2) is 4.87 Å². The van der Waals surface area contributed by atoms with Crippen molar-refractivity contribution in [2.45, 2.75) is 121 Å². The molecule has 0 spiro atoms. The van der Waals surface area contributed by atoms with Crippen LogP contribution in [0, 0.1) is 0 Å². The van der Waals surface area contributed by atoms with Gasteiger partial charge in [0.15, 0.2) is 0 Å². The molecule has 0 saturated carbocycles. The van der Waals surface area contributed by atoms with Crippen LogP contribution in [-0.2, 0) is 0 Å². The molecule has 0 N–H and O–H groups in total. The molecule has 0 aromatic heterocycles. The second kappa shape index (κ2) is 15.7. The Balaban J connectivity index is 1.91. The van der Waals surface area contributed by atoms with Crippen molar-refractivity contribution in [2.24, 2.45) is 0 Å². The number of hydrogen-bond donors (Lipinski definition) is 0. The van der Waals surface area contributed by atoms with Gasteiger partial charge in [-0.3, -0.25) is 0 Å². The standard InChI is InChI=1S/C23H37Cl5/c1-2-3-4-5-6-7-8-9-10-11-12-13-14-15-16-17-18-23(28)21(26)19(24)20(25)22(23)27/h2-18H2,1H3. The maximum Gasteiger partial charge on any atom is 0.118 e. The minimum absolute atomic E-state index is 0.292. The van der Waals surface area contributed by atoms with E-state index in [0.29, 0.717) is 26.5 Å². The summed E-state index contributed by atoms with van der Waals surface area (Å²) >= 11 is 31.2. The van der Waals surface area contributed by atoms with Gasteiger partial charge in [0.25, 0.3) is 0 Å².